The number of benzene rings is 2. The van der Waals surface area contributed by atoms with Gasteiger partial charge in [-0.25, -0.2) is 8.42 Å². The zero-order valence-electron chi connectivity index (χ0n) is 14.0. The number of hydrogen-bond donors (Lipinski definition) is 0. The number of nitrogens with zero attached hydrogens (tertiary/aromatic N) is 2. The molecule has 6 nitrogen and oxygen atoms in total. The second-order valence-corrected chi connectivity index (χ2v) is 8.31. The van der Waals surface area contributed by atoms with Gasteiger partial charge < -0.3 is 9.64 Å². The van der Waals surface area contributed by atoms with Gasteiger partial charge in [-0.05, 0) is 42.8 Å². The normalized spacial score (nSPS) is 18.0. The van der Waals surface area contributed by atoms with Crippen molar-refractivity contribution in [2.24, 2.45) is 0 Å². The predicted octanol–water partition coefficient (Wildman–Crippen LogP) is 2.16. The molecule has 0 bridgehead atoms. The van der Waals surface area contributed by atoms with E-state index in [9.17, 15) is 13.2 Å². The van der Waals surface area contributed by atoms with Gasteiger partial charge in [-0.1, -0.05) is 18.2 Å². The highest BCUT2D eigenvalue weighted by Crippen LogP contribution is 2.25. The number of ether oxygens (including phenoxy) is 1. The Morgan fingerprint density at radius 1 is 1.15 bits per heavy atom. The average Bonchev–Trinajstić information content (AvgIpc) is 3.01. The number of rotatable bonds is 5. The van der Waals surface area contributed by atoms with Crippen molar-refractivity contribution in [2.45, 2.75) is 12.5 Å². The van der Waals surface area contributed by atoms with E-state index in [0.717, 1.165) is 0 Å². The van der Waals surface area contributed by atoms with E-state index in [0.29, 0.717) is 23.4 Å². The Kier molecular flexibility index (Phi) is 5.24. The predicted molar refractivity (Wildman–Crippen MR) is 97.6 cm³/mol. The van der Waals surface area contributed by atoms with E-state index in [1.54, 1.807) is 48.5 Å². The summed E-state index contributed by atoms with van der Waals surface area (Å²) in [7, 11) is -3.12. The molecule has 0 unspecified atom stereocenters. The maximum atomic E-state index is 12.8. The molecule has 1 heterocycles. The number of amides is 1. The molecule has 1 atom stereocenters. The average molecular weight is 370 g/mol. The molecule has 1 aliphatic rings. The largest absolute Gasteiger partial charge is 0.484 e. The lowest BCUT2D eigenvalue weighted by Gasteiger charge is -2.28. The molecule has 2 aromatic carbocycles. The third kappa shape index (κ3) is 4.21. The summed E-state index contributed by atoms with van der Waals surface area (Å²) in [5.41, 5.74) is 1.16. The number of hydrogen-bond acceptors (Lipinski definition) is 5. The molecule has 1 amide bonds. The summed E-state index contributed by atoms with van der Waals surface area (Å²) in [6.07, 6.45) is 0.417. The van der Waals surface area contributed by atoms with Crippen LogP contribution in [-0.2, 0) is 14.6 Å². The van der Waals surface area contributed by atoms with Crippen molar-refractivity contribution in [1.29, 1.82) is 5.26 Å². The second kappa shape index (κ2) is 7.58. The van der Waals surface area contributed by atoms with Gasteiger partial charge in [0.05, 0.1) is 29.2 Å². The molecule has 2 aromatic rings. The Morgan fingerprint density at radius 3 is 2.42 bits per heavy atom. The molecule has 0 aromatic heterocycles. The highest BCUT2D eigenvalue weighted by atomic mass is 32.2. The van der Waals surface area contributed by atoms with E-state index in [4.69, 9.17) is 10.00 Å². The molecule has 3 rings (SSSR count). The summed E-state index contributed by atoms with van der Waals surface area (Å²) >= 11 is 0. The van der Waals surface area contributed by atoms with Gasteiger partial charge in [-0.15, -0.1) is 0 Å². The van der Waals surface area contributed by atoms with E-state index in [-0.39, 0.29) is 30.1 Å². The number of nitriles is 1. The van der Waals surface area contributed by atoms with Crippen molar-refractivity contribution in [3.8, 4) is 11.8 Å². The quantitative estimate of drug-likeness (QED) is 0.805. The van der Waals surface area contributed by atoms with Crippen LogP contribution in [0, 0.1) is 11.3 Å². The van der Waals surface area contributed by atoms with Gasteiger partial charge in [0.15, 0.2) is 16.4 Å². The molecule has 134 valence electrons. The Hall–Kier alpha value is -2.85. The van der Waals surface area contributed by atoms with Crippen LogP contribution in [0.4, 0.5) is 5.69 Å². The number of anilines is 1. The van der Waals surface area contributed by atoms with Crippen LogP contribution in [0.1, 0.15) is 12.0 Å². The summed E-state index contributed by atoms with van der Waals surface area (Å²) in [5.74, 6) is 0.224. The number of para-hydroxylation sites is 1. The van der Waals surface area contributed by atoms with E-state index in [1.807, 2.05) is 12.1 Å². The molecule has 0 radical (unpaired) electrons. The minimum atomic E-state index is -3.12. The van der Waals surface area contributed by atoms with Gasteiger partial charge in [0.2, 0.25) is 0 Å². The lowest BCUT2D eigenvalue weighted by molar-refractivity contribution is -0.121. The summed E-state index contributed by atoms with van der Waals surface area (Å²) in [4.78, 5) is 14.3. The molecule has 0 spiro atoms. The SMILES string of the molecule is N#Cc1ccc(OCC(=O)N(c2ccccc2)[C@H]2CCS(=O)(=O)C2)cc1. The Morgan fingerprint density at radius 2 is 1.85 bits per heavy atom. The monoisotopic (exact) mass is 370 g/mol. The molecular formula is C19H18N2O4S. The molecule has 26 heavy (non-hydrogen) atoms. The third-order valence-electron chi connectivity index (χ3n) is 4.22. The fraction of sp³-hybridized carbons (Fsp3) is 0.263. The van der Waals surface area contributed by atoms with Gasteiger partial charge in [0.25, 0.3) is 5.91 Å². The van der Waals surface area contributed by atoms with Crippen molar-refractivity contribution >= 4 is 21.4 Å². The van der Waals surface area contributed by atoms with Gasteiger partial charge in [0.1, 0.15) is 5.75 Å². The number of carbonyl (C=O) groups excluding carboxylic acids is 1. The van der Waals surface area contributed by atoms with Crippen LogP contribution < -0.4 is 9.64 Å². The van der Waals surface area contributed by atoms with Crippen LogP contribution in [0.25, 0.3) is 0 Å². The van der Waals surface area contributed by atoms with Gasteiger partial charge >= 0.3 is 0 Å². The van der Waals surface area contributed by atoms with Crippen LogP contribution in [0.2, 0.25) is 0 Å². The lowest BCUT2D eigenvalue weighted by Crippen LogP contribution is -2.43. The highest BCUT2D eigenvalue weighted by Gasteiger charge is 2.35. The first-order chi connectivity index (χ1) is 12.5. The summed E-state index contributed by atoms with van der Waals surface area (Å²) in [5, 5.41) is 8.81. The zero-order valence-corrected chi connectivity index (χ0v) is 14.9. The molecule has 1 saturated heterocycles. The smallest absolute Gasteiger partial charge is 0.265 e. The Labute approximate surface area is 152 Å². The fourth-order valence-electron chi connectivity index (χ4n) is 2.97. The summed E-state index contributed by atoms with van der Waals surface area (Å²) in [6, 6.07) is 17.1. The van der Waals surface area contributed by atoms with Crippen LogP contribution in [0.3, 0.4) is 0 Å². The molecule has 0 N–H and O–H groups in total. The van der Waals surface area contributed by atoms with Crippen molar-refractivity contribution < 1.29 is 17.9 Å². The minimum Gasteiger partial charge on any atom is -0.484 e. The van der Waals surface area contributed by atoms with Gasteiger partial charge in [-0.3, -0.25) is 4.79 Å². The van der Waals surface area contributed by atoms with Crippen LogP contribution in [-0.4, -0.2) is 38.5 Å². The highest BCUT2D eigenvalue weighted by molar-refractivity contribution is 7.91. The fourth-order valence-corrected chi connectivity index (χ4v) is 4.67. The van der Waals surface area contributed by atoms with Crippen molar-refractivity contribution in [2.75, 3.05) is 23.0 Å². The summed E-state index contributed by atoms with van der Waals surface area (Å²) in [6.45, 7) is -0.211. The molecular weight excluding hydrogens is 352 g/mol. The lowest BCUT2D eigenvalue weighted by atomic mass is 10.2. The number of carbonyl (C=O) groups is 1. The first-order valence-corrected chi connectivity index (χ1v) is 10.0. The van der Waals surface area contributed by atoms with Gasteiger partial charge in [0, 0.05) is 5.69 Å². The molecule has 1 aliphatic heterocycles. The van der Waals surface area contributed by atoms with E-state index >= 15 is 0 Å². The Balaban J connectivity index is 1.75. The van der Waals surface area contributed by atoms with E-state index in [2.05, 4.69) is 0 Å². The number of sulfone groups is 1. The molecule has 0 aliphatic carbocycles. The minimum absolute atomic E-state index is 0.0372. The van der Waals surface area contributed by atoms with E-state index < -0.39 is 9.84 Å². The Bertz CT molecular complexity index is 918. The van der Waals surface area contributed by atoms with Crippen molar-refractivity contribution in [1.82, 2.24) is 0 Å². The standard InChI is InChI=1S/C19H18N2O4S/c20-12-15-6-8-18(9-7-15)25-13-19(22)21(16-4-2-1-3-5-16)17-10-11-26(23,24)14-17/h1-9,17H,10-11,13-14H2/t17-/m0/s1. The van der Waals surface area contributed by atoms with Crippen LogP contribution in [0.5, 0.6) is 5.75 Å². The first kappa shape index (κ1) is 18.0. The van der Waals surface area contributed by atoms with Crippen molar-refractivity contribution in [3.63, 3.8) is 0 Å². The molecule has 0 saturated carbocycles. The zero-order chi connectivity index (χ0) is 18.6. The molecule has 1 fully saturated rings. The van der Waals surface area contributed by atoms with Crippen LogP contribution >= 0.6 is 0 Å². The topological polar surface area (TPSA) is 87.5 Å². The van der Waals surface area contributed by atoms with Gasteiger partial charge in [-0.2, -0.15) is 5.26 Å². The third-order valence-corrected chi connectivity index (χ3v) is 5.97. The maximum Gasteiger partial charge on any atom is 0.265 e. The second-order valence-electron chi connectivity index (χ2n) is 6.08. The van der Waals surface area contributed by atoms with Crippen LogP contribution in [0.15, 0.2) is 54.6 Å². The maximum absolute atomic E-state index is 12.8. The first-order valence-electron chi connectivity index (χ1n) is 8.19. The van der Waals surface area contributed by atoms with E-state index in [1.165, 1.54) is 4.90 Å². The van der Waals surface area contributed by atoms with Crippen molar-refractivity contribution in [3.05, 3.63) is 60.2 Å². The summed E-state index contributed by atoms with van der Waals surface area (Å²) < 4.78 is 29.2. The molecule has 7 heteroatoms.